The van der Waals surface area contributed by atoms with Gasteiger partial charge in [-0.15, -0.1) is 0 Å². The van der Waals surface area contributed by atoms with Crippen molar-refractivity contribution in [2.24, 2.45) is 4.99 Å². The van der Waals surface area contributed by atoms with E-state index in [0.717, 1.165) is 54.2 Å². The molecule has 1 unspecified atom stereocenters. The van der Waals surface area contributed by atoms with E-state index in [2.05, 4.69) is 30.5 Å². The van der Waals surface area contributed by atoms with Crippen LogP contribution in [0.5, 0.6) is 0 Å². The van der Waals surface area contributed by atoms with E-state index >= 15 is 0 Å². The van der Waals surface area contributed by atoms with Crippen molar-refractivity contribution in [3.8, 4) is 0 Å². The van der Waals surface area contributed by atoms with Crippen LogP contribution in [0, 0.1) is 5.82 Å². The van der Waals surface area contributed by atoms with Gasteiger partial charge < -0.3 is 20.5 Å². The standard InChI is InChI=1S/C21H24ClFN6/c1-24-21(26-9-6-14-12-27-19-5-4-15(23)11-17(14)19)28-16-7-10-29(13-16)20-18(22)3-2-8-25-20/h2-5,8,11-12,16,27H,6-7,9-10,13H2,1H3,(H2,24,26,28). The highest BCUT2D eigenvalue weighted by Crippen LogP contribution is 2.25. The number of benzene rings is 1. The molecule has 2 aromatic heterocycles. The van der Waals surface area contributed by atoms with Gasteiger partial charge in [-0.25, -0.2) is 9.37 Å². The summed E-state index contributed by atoms with van der Waals surface area (Å²) < 4.78 is 13.5. The first-order valence-electron chi connectivity index (χ1n) is 9.72. The Kier molecular flexibility index (Phi) is 5.85. The van der Waals surface area contributed by atoms with Gasteiger partial charge >= 0.3 is 0 Å². The lowest BCUT2D eigenvalue weighted by Gasteiger charge is -2.20. The number of pyridine rings is 1. The van der Waals surface area contributed by atoms with Crippen molar-refractivity contribution in [3.05, 3.63) is 59.1 Å². The first kappa shape index (κ1) is 19.5. The third kappa shape index (κ3) is 4.45. The van der Waals surface area contributed by atoms with Crippen molar-refractivity contribution in [3.63, 3.8) is 0 Å². The van der Waals surface area contributed by atoms with Gasteiger partial charge in [0.25, 0.3) is 0 Å². The molecule has 0 bridgehead atoms. The van der Waals surface area contributed by atoms with Gasteiger partial charge in [0, 0.05) is 56.0 Å². The molecule has 3 aromatic rings. The summed E-state index contributed by atoms with van der Waals surface area (Å²) in [6.07, 6.45) is 5.45. The fourth-order valence-electron chi connectivity index (χ4n) is 3.74. The summed E-state index contributed by atoms with van der Waals surface area (Å²) in [5.41, 5.74) is 2.03. The van der Waals surface area contributed by atoms with Crippen molar-refractivity contribution >= 4 is 34.3 Å². The maximum absolute atomic E-state index is 13.5. The van der Waals surface area contributed by atoms with Crippen molar-refractivity contribution < 1.29 is 4.39 Å². The first-order chi connectivity index (χ1) is 14.1. The molecule has 152 valence electrons. The van der Waals surface area contributed by atoms with Crippen LogP contribution in [-0.2, 0) is 6.42 Å². The van der Waals surface area contributed by atoms with E-state index in [1.165, 1.54) is 6.07 Å². The van der Waals surface area contributed by atoms with Gasteiger partial charge in [-0.1, -0.05) is 11.6 Å². The molecule has 3 N–H and O–H groups in total. The molecule has 1 atom stereocenters. The molecule has 8 heteroatoms. The number of aromatic amines is 1. The maximum Gasteiger partial charge on any atom is 0.191 e. The summed E-state index contributed by atoms with van der Waals surface area (Å²) in [6, 6.07) is 8.77. The number of fused-ring (bicyclic) bond motifs is 1. The van der Waals surface area contributed by atoms with Crippen LogP contribution in [0.2, 0.25) is 5.02 Å². The van der Waals surface area contributed by atoms with E-state index in [-0.39, 0.29) is 11.9 Å². The zero-order valence-electron chi connectivity index (χ0n) is 16.3. The van der Waals surface area contributed by atoms with Gasteiger partial charge in [0.05, 0.1) is 5.02 Å². The Balaban J connectivity index is 1.30. The highest BCUT2D eigenvalue weighted by molar-refractivity contribution is 6.32. The number of aromatic nitrogens is 2. The third-order valence-corrected chi connectivity index (χ3v) is 5.50. The van der Waals surface area contributed by atoms with Gasteiger partial charge in [0.15, 0.2) is 5.96 Å². The number of rotatable bonds is 5. The Morgan fingerprint density at radius 3 is 3.14 bits per heavy atom. The normalized spacial score (nSPS) is 17.1. The molecular formula is C21H24ClFN6. The zero-order chi connectivity index (χ0) is 20.2. The maximum atomic E-state index is 13.5. The highest BCUT2D eigenvalue weighted by atomic mass is 35.5. The molecule has 0 aliphatic carbocycles. The molecule has 1 aliphatic rings. The number of hydrogen-bond acceptors (Lipinski definition) is 3. The van der Waals surface area contributed by atoms with E-state index in [0.29, 0.717) is 11.6 Å². The average Bonchev–Trinajstić information content (AvgIpc) is 3.34. The highest BCUT2D eigenvalue weighted by Gasteiger charge is 2.25. The predicted octanol–water partition coefficient (Wildman–Crippen LogP) is 3.34. The number of anilines is 1. The minimum Gasteiger partial charge on any atom is -0.361 e. The minimum atomic E-state index is -0.220. The monoisotopic (exact) mass is 414 g/mol. The molecule has 6 nitrogen and oxygen atoms in total. The molecule has 29 heavy (non-hydrogen) atoms. The quantitative estimate of drug-likeness (QED) is 0.442. The van der Waals surface area contributed by atoms with Crippen LogP contribution >= 0.6 is 11.6 Å². The second kappa shape index (κ2) is 8.69. The van der Waals surface area contributed by atoms with Gasteiger partial charge in [-0.2, -0.15) is 0 Å². The average molecular weight is 415 g/mol. The molecule has 3 heterocycles. The number of hydrogen-bond donors (Lipinski definition) is 3. The number of H-pyrrole nitrogens is 1. The molecule has 0 radical (unpaired) electrons. The third-order valence-electron chi connectivity index (χ3n) is 5.21. The second-order valence-electron chi connectivity index (χ2n) is 7.14. The number of aliphatic imine (C=N–C) groups is 1. The molecule has 1 aliphatic heterocycles. The van der Waals surface area contributed by atoms with Crippen molar-refractivity contribution in [1.82, 2.24) is 20.6 Å². The van der Waals surface area contributed by atoms with Crippen LogP contribution in [0.25, 0.3) is 10.9 Å². The van der Waals surface area contributed by atoms with E-state index in [1.807, 2.05) is 18.3 Å². The first-order valence-corrected chi connectivity index (χ1v) is 10.1. The Hall–Kier alpha value is -2.80. The molecule has 0 amide bonds. The van der Waals surface area contributed by atoms with Crippen molar-refractivity contribution in [1.29, 1.82) is 0 Å². The largest absolute Gasteiger partial charge is 0.361 e. The zero-order valence-corrected chi connectivity index (χ0v) is 17.0. The Labute approximate surface area is 174 Å². The van der Waals surface area contributed by atoms with E-state index in [1.54, 1.807) is 25.4 Å². The Bertz CT molecular complexity index is 1020. The number of halogens is 2. The second-order valence-corrected chi connectivity index (χ2v) is 7.54. The molecular weight excluding hydrogens is 391 g/mol. The molecule has 0 spiro atoms. The lowest BCUT2D eigenvalue weighted by Crippen LogP contribution is -2.45. The predicted molar refractivity (Wildman–Crippen MR) is 116 cm³/mol. The van der Waals surface area contributed by atoms with Crippen LogP contribution in [-0.4, -0.2) is 48.7 Å². The summed E-state index contributed by atoms with van der Waals surface area (Å²) in [5.74, 6) is 1.37. The van der Waals surface area contributed by atoms with E-state index in [9.17, 15) is 4.39 Å². The number of nitrogens with one attached hydrogen (secondary N) is 3. The van der Waals surface area contributed by atoms with E-state index < -0.39 is 0 Å². The molecule has 1 saturated heterocycles. The van der Waals surface area contributed by atoms with Gasteiger partial charge in [-0.05, 0) is 48.7 Å². The van der Waals surface area contributed by atoms with Crippen LogP contribution in [0.15, 0.2) is 47.7 Å². The van der Waals surface area contributed by atoms with E-state index in [4.69, 9.17) is 11.6 Å². The fourth-order valence-corrected chi connectivity index (χ4v) is 3.98. The summed E-state index contributed by atoms with van der Waals surface area (Å²) >= 11 is 6.27. The Morgan fingerprint density at radius 2 is 2.31 bits per heavy atom. The van der Waals surface area contributed by atoms with Gasteiger partial charge in [0.1, 0.15) is 11.6 Å². The summed E-state index contributed by atoms with van der Waals surface area (Å²) in [5, 5.41) is 8.42. The molecule has 1 aromatic carbocycles. The SMILES string of the molecule is CN=C(NCCc1c[nH]c2ccc(F)cc12)NC1CCN(c2ncccc2Cl)C1. The van der Waals surface area contributed by atoms with Crippen LogP contribution < -0.4 is 15.5 Å². The molecule has 0 saturated carbocycles. The lowest BCUT2D eigenvalue weighted by molar-refractivity contribution is 0.629. The molecule has 1 fully saturated rings. The fraction of sp³-hybridized carbons (Fsp3) is 0.333. The summed E-state index contributed by atoms with van der Waals surface area (Å²) in [4.78, 5) is 14.1. The minimum absolute atomic E-state index is 0.220. The van der Waals surface area contributed by atoms with Crippen molar-refractivity contribution in [2.45, 2.75) is 18.9 Å². The van der Waals surface area contributed by atoms with Crippen LogP contribution in [0.1, 0.15) is 12.0 Å². The Morgan fingerprint density at radius 1 is 1.41 bits per heavy atom. The topological polar surface area (TPSA) is 68.3 Å². The smallest absolute Gasteiger partial charge is 0.191 e. The van der Waals surface area contributed by atoms with Gasteiger partial charge in [-0.3, -0.25) is 4.99 Å². The van der Waals surface area contributed by atoms with Gasteiger partial charge in [0.2, 0.25) is 0 Å². The van der Waals surface area contributed by atoms with Crippen LogP contribution in [0.4, 0.5) is 10.2 Å². The number of guanidine groups is 1. The lowest BCUT2D eigenvalue weighted by atomic mass is 10.1. The summed E-state index contributed by atoms with van der Waals surface area (Å²) in [6.45, 7) is 2.41. The summed E-state index contributed by atoms with van der Waals surface area (Å²) in [7, 11) is 1.76. The van der Waals surface area contributed by atoms with Crippen LogP contribution in [0.3, 0.4) is 0 Å². The number of nitrogens with zero attached hydrogens (tertiary/aromatic N) is 3. The molecule has 4 rings (SSSR count). The van der Waals surface area contributed by atoms with Crippen molar-refractivity contribution in [2.75, 3.05) is 31.6 Å².